The van der Waals surface area contributed by atoms with Crippen LogP contribution in [0.1, 0.15) is 13.8 Å². The van der Waals surface area contributed by atoms with Crippen molar-refractivity contribution in [2.75, 3.05) is 10.6 Å². The second-order valence-corrected chi connectivity index (χ2v) is 4.64. The Bertz CT molecular complexity index is 439. The zero-order chi connectivity index (χ0) is 11.4. The van der Waals surface area contributed by atoms with Crippen LogP contribution in [0, 0.1) is 0 Å². The largest absolute Gasteiger partial charge is 0.368 e. The normalized spacial score (nSPS) is 10.4. The van der Waals surface area contributed by atoms with E-state index < -0.39 is 0 Å². The fourth-order valence-electron chi connectivity index (χ4n) is 1.28. The number of nitrogens with zero attached hydrogens (tertiary/aromatic N) is 2. The molecular formula is C11H14N4S. The number of anilines is 3. The average Bonchev–Trinajstić information content (AvgIpc) is 2.70. The Hall–Kier alpha value is -1.62. The number of nitrogens with one attached hydrogen (secondary N) is 2. The zero-order valence-electron chi connectivity index (χ0n) is 9.27. The molecule has 0 saturated carbocycles. The van der Waals surface area contributed by atoms with E-state index in [2.05, 4.69) is 34.4 Å². The van der Waals surface area contributed by atoms with Crippen LogP contribution in [0.5, 0.6) is 0 Å². The monoisotopic (exact) mass is 234 g/mol. The van der Waals surface area contributed by atoms with E-state index in [1.807, 2.05) is 23.6 Å². The van der Waals surface area contributed by atoms with E-state index in [4.69, 9.17) is 0 Å². The van der Waals surface area contributed by atoms with Gasteiger partial charge in [-0.3, -0.25) is 0 Å². The van der Waals surface area contributed by atoms with Gasteiger partial charge in [-0.25, -0.2) is 9.97 Å². The third kappa shape index (κ3) is 2.93. The third-order valence-electron chi connectivity index (χ3n) is 1.88. The number of aromatic nitrogens is 2. The molecule has 0 radical (unpaired) electrons. The fraction of sp³-hybridized carbons (Fsp3) is 0.273. The summed E-state index contributed by atoms with van der Waals surface area (Å²) in [6.45, 7) is 4.16. The van der Waals surface area contributed by atoms with Crippen molar-refractivity contribution in [2.24, 2.45) is 0 Å². The minimum atomic E-state index is 0.365. The lowest BCUT2D eigenvalue weighted by molar-refractivity contribution is 0.886. The minimum Gasteiger partial charge on any atom is -0.368 e. The van der Waals surface area contributed by atoms with Crippen molar-refractivity contribution in [1.29, 1.82) is 0 Å². The summed E-state index contributed by atoms with van der Waals surface area (Å²) in [6, 6.07) is 6.29. The molecule has 0 spiro atoms. The highest BCUT2D eigenvalue weighted by Crippen LogP contribution is 2.20. The molecule has 0 fully saturated rings. The molecule has 2 N–H and O–H groups in total. The first-order chi connectivity index (χ1) is 7.74. The highest BCUT2D eigenvalue weighted by atomic mass is 32.1. The zero-order valence-corrected chi connectivity index (χ0v) is 10.1. The summed E-state index contributed by atoms with van der Waals surface area (Å²) in [6.07, 6.45) is 1.56. The minimum absolute atomic E-state index is 0.365. The molecule has 84 valence electrons. The van der Waals surface area contributed by atoms with E-state index in [9.17, 15) is 0 Å². The summed E-state index contributed by atoms with van der Waals surface area (Å²) in [4.78, 5) is 8.32. The van der Waals surface area contributed by atoms with Gasteiger partial charge in [-0.1, -0.05) is 0 Å². The van der Waals surface area contributed by atoms with Crippen molar-refractivity contribution < 1.29 is 0 Å². The van der Waals surface area contributed by atoms with Crippen LogP contribution in [0.15, 0.2) is 29.9 Å². The summed E-state index contributed by atoms with van der Waals surface area (Å²) < 4.78 is 0. The highest BCUT2D eigenvalue weighted by Gasteiger charge is 2.00. The molecule has 0 aliphatic carbocycles. The van der Waals surface area contributed by atoms with Crippen LogP contribution >= 0.6 is 11.3 Å². The summed E-state index contributed by atoms with van der Waals surface area (Å²) in [5.74, 6) is 1.64. The molecule has 0 unspecified atom stereocenters. The average molecular weight is 234 g/mol. The SMILES string of the molecule is CC(C)Nc1cc(Nc2cccs2)ncn1. The quantitative estimate of drug-likeness (QED) is 0.853. The first kappa shape index (κ1) is 10.9. The summed E-state index contributed by atoms with van der Waals surface area (Å²) >= 11 is 1.65. The van der Waals surface area contributed by atoms with Crippen LogP contribution in [0.3, 0.4) is 0 Å². The van der Waals surface area contributed by atoms with Crippen LogP contribution in [0.2, 0.25) is 0 Å². The van der Waals surface area contributed by atoms with Crippen LogP contribution in [0.4, 0.5) is 16.6 Å². The Morgan fingerprint density at radius 3 is 2.75 bits per heavy atom. The predicted molar refractivity (Wildman–Crippen MR) is 68.4 cm³/mol. The van der Waals surface area contributed by atoms with Gasteiger partial charge in [0.05, 0.1) is 5.00 Å². The standard InChI is InChI=1S/C11H14N4S/c1-8(2)14-9-6-10(13-7-12-9)15-11-4-3-5-16-11/h3-8H,1-2H3,(H2,12,13,14,15). The van der Waals surface area contributed by atoms with E-state index in [0.29, 0.717) is 6.04 Å². The van der Waals surface area contributed by atoms with E-state index in [-0.39, 0.29) is 0 Å². The number of hydrogen-bond acceptors (Lipinski definition) is 5. The fourth-order valence-corrected chi connectivity index (χ4v) is 1.90. The molecular weight excluding hydrogens is 220 g/mol. The smallest absolute Gasteiger partial charge is 0.136 e. The summed E-state index contributed by atoms with van der Waals surface area (Å²) in [7, 11) is 0. The lowest BCUT2D eigenvalue weighted by Crippen LogP contribution is -2.11. The van der Waals surface area contributed by atoms with Crippen LogP contribution < -0.4 is 10.6 Å². The molecule has 0 atom stereocenters. The Balaban J connectivity index is 2.10. The van der Waals surface area contributed by atoms with Crippen molar-refractivity contribution >= 4 is 28.0 Å². The highest BCUT2D eigenvalue weighted by molar-refractivity contribution is 7.14. The topological polar surface area (TPSA) is 49.8 Å². The molecule has 0 aromatic carbocycles. The maximum absolute atomic E-state index is 4.17. The number of hydrogen-bond donors (Lipinski definition) is 2. The molecule has 0 saturated heterocycles. The second kappa shape index (κ2) is 4.94. The van der Waals surface area contributed by atoms with Crippen molar-refractivity contribution in [2.45, 2.75) is 19.9 Å². The van der Waals surface area contributed by atoms with Crippen molar-refractivity contribution in [3.63, 3.8) is 0 Å². The van der Waals surface area contributed by atoms with E-state index in [0.717, 1.165) is 16.6 Å². The molecule has 0 aliphatic heterocycles. The molecule has 0 amide bonds. The van der Waals surface area contributed by atoms with E-state index in [1.54, 1.807) is 17.7 Å². The van der Waals surface area contributed by atoms with Crippen molar-refractivity contribution in [1.82, 2.24) is 9.97 Å². The molecule has 0 bridgehead atoms. The maximum atomic E-state index is 4.17. The van der Waals surface area contributed by atoms with Gasteiger partial charge in [0.1, 0.15) is 18.0 Å². The van der Waals surface area contributed by atoms with Gasteiger partial charge >= 0.3 is 0 Å². The van der Waals surface area contributed by atoms with Crippen LogP contribution in [0.25, 0.3) is 0 Å². The maximum Gasteiger partial charge on any atom is 0.136 e. The number of rotatable bonds is 4. The Morgan fingerprint density at radius 1 is 1.25 bits per heavy atom. The van der Waals surface area contributed by atoms with Crippen molar-refractivity contribution in [3.8, 4) is 0 Å². The van der Waals surface area contributed by atoms with Gasteiger partial charge < -0.3 is 10.6 Å². The van der Waals surface area contributed by atoms with Gasteiger partial charge in [-0.15, -0.1) is 11.3 Å². The van der Waals surface area contributed by atoms with Gasteiger partial charge in [0.25, 0.3) is 0 Å². The van der Waals surface area contributed by atoms with Gasteiger partial charge in [-0.2, -0.15) is 0 Å². The van der Waals surface area contributed by atoms with Gasteiger partial charge in [0.2, 0.25) is 0 Å². The molecule has 2 aromatic rings. The first-order valence-electron chi connectivity index (χ1n) is 5.13. The lowest BCUT2D eigenvalue weighted by atomic mass is 10.4. The Labute approximate surface area is 98.8 Å². The molecule has 2 rings (SSSR count). The van der Waals surface area contributed by atoms with Gasteiger partial charge in [0.15, 0.2) is 0 Å². The predicted octanol–water partition coefficient (Wildman–Crippen LogP) is 3.10. The molecule has 16 heavy (non-hydrogen) atoms. The van der Waals surface area contributed by atoms with Crippen LogP contribution in [-0.2, 0) is 0 Å². The molecule has 5 heteroatoms. The summed E-state index contributed by atoms with van der Waals surface area (Å²) in [5.41, 5.74) is 0. The third-order valence-corrected chi connectivity index (χ3v) is 2.66. The van der Waals surface area contributed by atoms with E-state index in [1.165, 1.54) is 0 Å². The van der Waals surface area contributed by atoms with Crippen molar-refractivity contribution in [3.05, 3.63) is 29.9 Å². The molecule has 2 heterocycles. The van der Waals surface area contributed by atoms with E-state index >= 15 is 0 Å². The second-order valence-electron chi connectivity index (χ2n) is 3.69. The van der Waals surface area contributed by atoms with Gasteiger partial charge in [0, 0.05) is 12.1 Å². The first-order valence-corrected chi connectivity index (χ1v) is 6.01. The molecule has 0 aliphatic rings. The number of thiophene rings is 1. The summed E-state index contributed by atoms with van der Waals surface area (Å²) in [5, 5.41) is 9.56. The molecule has 4 nitrogen and oxygen atoms in total. The van der Waals surface area contributed by atoms with Gasteiger partial charge in [-0.05, 0) is 31.4 Å². The lowest BCUT2D eigenvalue weighted by Gasteiger charge is -2.09. The Morgan fingerprint density at radius 2 is 2.06 bits per heavy atom. The van der Waals surface area contributed by atoms with Crippen LogP contribution in [-0.4, -0.2) is 16.0 Å². The Kier molecular flexibility index (Phi) is 3.36. The molecule has 2 aromatic heterocycles.